The number of oxime groups is 1. The number of hydrogen-bond acceptors (Lipinski definition) is 17. The minimum absolute atomic E-state index is 0.0273. The summed E-state index contributed by atoms with van der Waals surface area (Å²) in [5.41, 5.74) is 4.85. The Bertz CT molecular complexity index is 1960. The number of aromatic amines is 1. The molecule has 49 heavy (non-hydrogen) atoms. The molecule has 2 atom stereocenters. The van der Waals surface area contributed by atoms with Gasteiger partial charge in [-0.15, -0.1) is 25.8 Å². The summed E-state index contributed by atoms with van der Waals surface area (Å²) in [6, 6.07) is 8.37. The highest BCUT2D eigenvalue weighted by Crippen LogP contribution is 2.33. The number of hydrogen-bond donors (Lipinski definition) is 6. The Kier molecular flexibility index (Phi) is 9.56. The van der Waals surface area contributed by atoms with Gasteiger partial charge in [0.1, 0.15) is 29.9 Å². The van der Waals surface area contributed by atoms with Crippen LogP contribution in [-0.4, -0.2) is 103 Å². The molecular formula is C27H32N12O8S2. The fourth-order valence-electron chi connectivity index (χ4n) is 5.22. The van der Waals surface area contributed by atoms with E-state index in [1.807, 2.05) is 24.3 Å². The van der Waals surface area contributed by atoms with E-state index in [1.54, 1.807) is 6.07 Å². The molecule has 2 amide bonds. The average molecular weight is 717 g/mol. The fraction of sp³-hybridized carbons (Fsp3) is 0.407. The van der Waals surface area contributed by atoms with Crippen molar-refractivity contribution in [1.29, 1.82) is 0 Å². The fourth-order valence-corrected chi connectivity index (χ4v) is 6.22. The second kappa shape index (κ2) is 13.8. The van der Waals surface area contributed by atoms with Gasteiger partial charge >= 0.3 is 10.4 Å². The van der Waals surface area contributed by atoms with Crippen molar-refractivity contribution in [3.8, 4) is 5.75 Å². The number of fused-ring (bicyclic) bond motifs is 1. The number of pyridine rings is 1. The third-order valence-electron chi connectivity index (χ3n) is 7.77. The summed E-state index contributed by atoms with van der Waals surface area (Å²) in [5, 5.41) is 30.0. The van der Waals surface area contributed by atoms with Crippen molar-refractivity contribution >= 4 is 61.1 Å². The number of benzene rings is 1. The van der Waals surface area contributed by atoms with E-state index in [4.69, 9.17) is 24.8 Å². The van der Waals surface area contributed by atoms with Gasteiger partial charge in [-0.05, 0) is 70.1 Å². The number of thiazole rings is 1. The van der Waals surface area contributed by atoms with E-state index in [9.17, 15) is 18.0 Å². The second-order valence-corrected chi connectivity index (χ2v) is 13.5. The quantitative estimate of drug-likeness (QED) is 0.0471. The van der Waals surface area contributed by atoms with Gasteiger partial charge in [-0.3, -0.25) is 14.1 Å². The summed E-state index contributed by atoms with van der Waals surface area (Å²) in [6.45, 7) is 4.60. The molecule has 6 rings (SSSR count). The number of ether oxygens (including phenoxy) is 1. The Balaban J connectivity index is 1.17. The van der Waals surface area contributed by atoms with E-state index >= 15 is 0 Å². The van der Waals surface area contributed by atoms with Gasteiger partial charge in [-0.25, -0.2) is 9.97 Å². The molecular weight excluding hydrogens is 685 g/mol. The van der Waals surface area contributed by atoms with Gasteiger partial charge in [-0.2, -0.15) is 18.7 Å². The number of nitrogen functional groups attached to an aromatic ring is 1. The monoisotopic (exact) mass is 716 g/mol. The van der Waals surface area contributed by atoms with Crippen LogP contribution in [0.4, 0.5) is 10.9 Å². The number of nitrogens with zero attached hydrogens (tertiary/aromatic N) is 7. The van der Waals surface area contributed by atoms with E-state index in [0.717, 1.165) is 54.0 Å². The maximum absolute atomic E-state index is 13.4. The van der Waals surface area contributed by atoms with Crippen molar-refractivity contribution in [2.24, 2.45) is 5.16 Å². The van der Waals surface area contributed by atoms with Gasteiger partial charge < -0.3 is 31.3 Å². The summed E-state index contributed by atoms with van der Waals surface area (Å²) in [5.74, 6) is -0.501. The molecule has 260 valence electrons. The normalized spacial score (nSPS) is 18.9. The molecule has 22 heteroatoms. The smallest absolute Gasteiger partial charge is 0.418 e. The molecule has 0 aliphatic carbocycles. The van der Waals surface area contributed by atoms with Gasteiger partial charge in [0.2, 0.25) is 11.9 Å². The average Bonchev–Trinajstić information content (AvgIpc) is 3.76. The predicted molar refractivity (Wildman–Crippen MR) is 173 cm³/mol. The lowest BCUT2D eigenvalue weighted by atomic mass is 9.84. The highest BCUT2D eigenvalue weighted by Gasteiger charge is 2.58. The van der Waals surface area contributed by atoms with Crippen molar-refractivity contribution < 1.29 is 36.4 Å². The number of carbonyl (C=O) groups excluding carboxylic acids is 2. The third kappa shape index (κ3) is 7.83. The van der Waals surface area contributed by atoms with E-state index < -0.39 is 39.9 Å². The molecule has 2 fully saturated rings. The van der Waals surface area contributed by atoms with Gasteiger partial charge in [0.05, 0.1) is 11.1 Å². The Morgan fingerprint density at radius 2 is 2.04 bits per heavy atom. The molecule has 3 aromatic heterocycles. The predicted octanol–water partition coefficient (Wildman–Crippen LogP) is 0.332. The number of piperidine rings is 1. The Morgan fingerprint density at radius 3 is 2.71 bits per heavy atom. The van der Waals surface area contributed by atoms with Crippen LogP contribution in [0.1, 0.15) is 44.3 Å². The number of carbonyl (C=O) groups is 2. The van der Waals surface area contributed by atoms with Crippen LogP contribution in [0.3, 0.4) is 0 Å². The van der Waals surface area contributed by atoms with Crippen LogP contribution in [-0.2, 0) is 29.1 Å². The lowest BCUT2D eigenvalue weighted by molar-refractivity contribution is -0.218. The maximum atomic E-state index is 13.4. The van der Waals surface area contributed by atoms with Crippen molar-refractivity contribution in [3.05, 3.63) is 47.2 Å². The number of aromatic nitrogens is 6. The number of β-lactam (4-membered cyclic amide) rings is 1. The molecule has 0 saturated carbocycles. The lowest BCUT2D eigenvalue weighted by Crippen LogP contribution is -2.76. The molecule has 1 aromatic carbocycles. The molecule has 20 nitrogen and oxygen atoms in total. The van der Waals surface area contributed by atoms with Crippen molar-refractivity contribution in [3.63, 3.8) is 0 Å². The van der Waals surface area contributed by atoms with E-state index in [-0.39, 0.29) is 29.0 Å². The molecule has 2 aliphatic heterocycles. The number of H-pyrrole nitrogens is 1. The first-order chi connectivity index (χ1) is 23.4. The summed E-state index contributed by atoms with van der Waals surface area (Å²) >= 11 is 1.03. The molecule has 5 heterocycles. The third-order valence-corrected chi connectivity index (χ3v) is 8.79. The lowest BCUT2D eigenvalue weighted by Gasteiger charge is -2.50. The zero-order chi connectivity index (χ0) is 34.8. The number of tetrazole rings is 1. The zero-order valence-electron chi connectivity index (χ0n) is 26.1. The number of rotatable bonds is 13. The number of nitrogens with one attached hydrogen (secondary N) is 4. The Morgan fingerprint density at radius 1 is 1.24 bits per heavy atom. The molecule has 0 radical (unpaired) electrons. The summed E-state index contributed by atoms with van der Waals surface area (Å²) < 4.78 is 41.7. The number of amides is 2. The minimum Gasteiger partial charge on any atom is -0.489 e. The summed E-state index contributed by atoms with van der Waals surface area (Å²) in [4.78, 5) is 40.6. The maximum Gasteiger partial charge on any atom is 0.418 e. The van der Waals surface area contributed by atoms with Crippen LogP contribution in [0, 0.1) is 0 Å². The van der Waals surface area contributed by atoms with Crippen LogP contribution >= 0.6 is 11.3 Å². The van der Waals surface area contributed by atoms with Gasteiger partial charge in [0, 0.05) is 16.8 Å². The zero-order valence-corrected chi connectivity index (χ0v) is 27.7. The number of nitrogens with two attached hydrogens (primary N) is 1. The van der Waals surface area contributed by atoms with Crippen molar-refractivity contribution in [1.82, 2.24) is 46.3 Å². The first-order valence-corrected chi connectivity index (χ1v) is 17.1. The van der Waals surface area contributed by atoms with Crippen LogP contribution < -0.4 is 26.4 Å². The van der Waals surface area contributed by atoms with Gasteiger partial charge in [0.25, 0.3) is 11.8 Å². The van der Waals surface area contributed by atoms with Crippen LogP contribution in [0.25, 0.3) is 10.9 Å². The molecule has 2 aliphatic rings. The molecule has 2 saturated heterocycles. The molecule has 0 bridgehead atoms. The van der Waals surface area contributed by atoms with Crippen LogP contribution in [0.15, 0.2) is 40.9 Å². The SMILES string of the molecule is CC1(C)[C@H](NC(=O)/C(=N\OC(COc2ccc3nc(NC4CCNCC4)ccc3c2)c2nn[nH]n2)c2csc(N)n2)C(=O)N1OS(=O)(=O)O. The van der Waals surface area contributed by atoms with Crippen LogP contribution in [0.5, 0.6) is 5.75 Å². The first kappa shape index (κ1) is 33.9. The van der Waals surface area contributed by atoms with Crippen LogP contribution in [0.2, 0.25) is 0 Å². The van der Waals surface area contributed by atoms with Crippen molar-refractivity contribution in [2.75, 3.05) is 30.7 Å². The van der Waals surface area contributed by atoms with Gasteiger partial charge in [0.15, 0.2) is 10.8 Å². The van der Waals surface area contributed by atoms with E-state index in [0.29, 0.717) is 16.9 Å². The highest BCUT2D eigenvalue weighted by atomic mass is 32.3. The second-order valence-electron chi connectivity index (χ2n) is 11.6. The molecule has 0 spiro atoms. The van der Waals surface area contributed by atoms with Crippen molar-refractivity contribution in [2.45, 2.75) is 50.4 Å². The topological polar surface area (TPSA) is 274 Å². The standard InChI is InChI=1S/C27H32N12O8S2/c1-27(2)22(25(41)39(27)47-49(42,43)44)33-24(40)21(18-13-48-26(28)32-18)36-46-19(23-34-37-38-35-23)12-45-16-4-5-17-14(11-16)3-6-20(31-17)30-15-7-9-29-10-8-15/h3-6,11,13,15,19,22,29H,7-10,12H2,1-2H3,(H2,28,32)(H,30,31)(H,33,40)(H,42,43,44)(H,34,35,37,38)/b36-21-/t19?,22-/m1/s1. The van der Waals surface area contributed by atoms with Gasteiger partial charge in [-0.1, -0.05) is 10.4 Å². The molecule has 4 aromatic rings. The Labute approximate surface area is 282 Å². The molecule has 1 unspecified atom stereocenters. The summed E-state index contributed by atoms with van der Waals surface area (Å²) in [7, 11) is -4.99. The first-order valence-electron chi connectivity index (χ1n) is 14.9. The number of hydroxylamine groups is 2. The highest BCUT2D eigenvalue weighted by molar-refractivity contribution is 7.80. The minimum atomic E-state index is -4.99. The Hall–Kier alpha value is -5.03. The summed E-state index contributed by atoms with van der Waals surface area (Å²) in [6.07, 6.45) is 0.968. The van der Waals surface area contributed by atoms with E-state index in [2.05, 4.69) is 51.0 Å². The largest absolute Gasteiger partial charge is 0.489 e. The van der Waals surface area contributed by atoms with E-state index in [1.165, 1.54) is 19.2 Å². The molecule has 7 N–H and O–H groups in total. The number of anilines is 2.